The second kappa shape index (κ2) is 6.67. The first-order chi connectivity index (χ1) is 9.56. The van der Waals surface area contributed by atoms with Gasteiger partial charge in [-0.2, -0.15) is 0 Å². The minimum absolute atomic E-state index is 0.0352. The summed E-state index contributed by atoms with van der Waals surface area (Å²) in [6.45, 7) is 0.983. The number of nitrogens with one attached hydrogen (secondary N) is 2. The van der Waals surface area contributed by atoms with Gasteiger partial charge in [-0.3, -0.25) is 9.59 Å². The van der Waals surface area contributed by atoms with Gasteiger partial charge in [0.1, 0.15) is 5.82 Å². The molecule has 20 heavy (non-hydrogen) atoms. The van der Waals surface area contributed by atoms with Crippen LogP contribution in [0.2, 0.25) is 5.02 Å². The molecular formula is C13H14ClFN2O3. The van der Waals surface area contributed by atoms with E-state index < -0.39 is 17.6 Å². The summed E-state index contributed by atoms with van der Waals surface area (Å²) in [5, 5.41) is 4.71. The van der Waals surface area contributed by atoms with E-state index in [2.05, 4.69) is 10.6 Å². The van der Waals surface area contributed by atoms with Crippen LogP contribution in [-0.4, -0.2) is 31.1 Å². The summed E-state index contributed by atoms with van der Waals surface area (Å²) in [4.78, 5) is 23.2. The van der Waals surface area contributed by atoms with E-state index in [9.17, 15) is 14.0 Å². The van der Waals surface area contributed by atoms with Gasteiger partial charge in [0.2, 0.25) is 0 Å². The van der Waals surface area contributed by atoms with Gasteiger partial charge in [-0.25, -0.2) is 4.39 Å². The van der Waals surface area contributed by atoms with E-state index in [1.165, 1.54) is 12.1 Å². The summed E-state index contributed by atoms with van der Waals surface area (Å²) in [6.07, 6.45) is 1.79. The number of hydrogen-bond donors (Lipinski definition) is 2. The molecule has 108 valence electrons. The second-order valence-electron chi connectivity index (χ2n) is 4.43. The molecule has 0 saturated carbocycles. The summed E-state index contributed by atoms with van der Waals surface area (Å²) >= 11 is 5.58. The van der Waals surface area contributed by atoms with Crippen molar-refractivity contribution in [3.05, 3.63) is 29.0 Å². The van der Waals surface area contributed by atoms with Crippen molar-refractivity contribution >= 4 is 29.1 Å². The maximum atomic E-state index is 13.0. The third-order valence-electron chi connectivity index (χ3n) is 2.90. The summed E-state index contributed by atoms with van der Waals surface area (Å²) in [7, 11) is 0. The zero-order chi connectivity index (χ0) is 14.5. The number of anilines is 1. The van der Waals surface area contributed by atoms with Gasteiger partial charge in [-0.15, -0.1) is 0 Å². The minimum atomic E-state index is -0.828. The number of amides is 2. The first kappa shape index (κ1) is 14.7. The summed E-state index contributed by atoms with van der Waals surface area (Å²) in [6, 6.07) is 3.68. The van der Waals surface area contributed by atoms with Crippen LogP contribution in [0.5, 0.6) is 0 Å². The van der Waals surface area contributed by atoms with Crippen LogP contribution >= 0.6 is 11.6 Å². The Morgan fingerprint density at radius 2 is 2.20 bits per heavy atom. The molecule has 0 spiro atoms. The Morgan fingerprint density at radius 3 is 2.85 bits per heavy atom. The van der Waals surface area contributed by atoms with Gasteiger partial charge >= 0.3 is 11.8 Å². The van der Waals surface area contributed by atoms with E-state index in [0.29, 0.717) is 13.2 Å². The predicted molar refractivity (Wildman–Crippen MR) is 72.0 cm³/mol. The zero-order valence-electron chi connectivity index (χ0n) is 10.6. The molecule has 1 aromatic carbocycles. The highest BCUT2D eigenvalue weighted by atomic mass is 35.5. The molecule has 0 aromatic heterocycles. The molecule has 1 fully saturated rings. The summed E-state index contributed by atoms with van der Waals surface area (Å²) in [5.74, 6) is -2.18. The Bertz CT molecular complexity index is 518. The van der Waals surface area contributed by atoms with Crippen molar-refractivity contribution in [2.24, 2.45) is 0 Å². The van der Waals surface area contributed by atoms with Gasteiger partial charge in [-0.1, -0.05) is 11.6 Å². The normalized spacial score (nSPS) is 17.8. The maximum Gasteiger partial charge on any atom is 0.313 e. The molecule has 1 aliphatic heterocycles. The molecule has 1 aliphatic rings. The molecule has 2 amide bonds. The fourth-order valence-electron chi connectivity index (χ4n) is 1.85. The first-order valence-corrected chi connectivity index (χ1v) is 6.60. The average Bonchev–Trinajstić information content (AvgIpc) is 2.93. The lowest BCUT2D eigenvalue weighted by Crippen LogP contribution is -2.39. The van der Waals surface area contributed by atoms with Gasteiger partial charge in [0.25, 0.3) is 0 Å². The molecule has 1 heterocycles. The molecule has 1 atom stereocenters. The van der Waals surface area contributed by atoms with Crippen molar-refractivity contribution in [2.75, 3.05) is 18.5 Å². The molecule has 2 rings (SSSR count). The van der Waals surface area contributed by atoms with Gasteiger partial charge in [0.05, 0.1) is 11.1 Å². The van der Waals surface area contributed by atoms with Crippen molar-refractivity contribution < 1.29 is 18.7 Å². The predicted octanol–water partition coefficient (Wildman–Crippen LogP) is 1.71. The van der Waals surface area contributed by atoms with Crippen LogP contribution in [0.4, 0.5) is 10.1 Å². The monoisotopic (exact) mass is 300 g/mol. The van der Waals surface area contributed by atoms with Crippen molar-refractivity contribution in [3.63, 3.8) is 0 Å². The number of benzene rings is 1. The van der Waals surface area contributed by atoms with Crippen LogP contribution in [0.3, 0.4) is 0 Å². The van der Waals surface area contributed by atoms with E-state index in [1.54, 1.807) is 0 Å². The van der Waals surface area contributed by atoms with E-state index >= 15 is 0 Å². The highest BCUT2D eigenvalue weighted by molar-refractivity contribution is 6.39. The number of hydrogen-bond acceptors (Lipinski definition) is 3. The van der Waals surface area contributed by atoms with Gasteiger partial charge < -0.3 is 15.4 Å². The van der Waals surface area contributed by atoms with Crippen molar-refractivity contribution in [1.29, 1.82) is 0 Å². The summed E-state index contributed by atoms with van der Waals surface area (Å²) in [5.41, 5.74) is 0.258. The van der Waals surface area contributed by atoms with Crippen LogP contribution in [0, 0.1) is 5.82 Å². The molecule has 7 heteroatoms. The van der Waals surface area contributed by atoms with Crippen molar-refractivity contribution in [2.45, 2.75) is 18.9 Å². The van der Waals surface area contributed by atoms with Crippen LogP contribution in [-0.2, 0) is 14.3 Å². The fourth-order valence-corrected chi connectivity index (χ4v) is 2.03. The standard InChI is InChI=1S/C13H14ClFN2O3/c14-10-6-8(3-4-11(10)15)17-13(19)12(18)16-7-9-2-1-5-20-9/h3-4,6,9H,1-2,5,7H2,(H,16,18)(H,17,19). The van der Waals surface area contributed by atoms with E-state index in [4.69, 9.17) is 16.3 Å². The number of carbonyl (C=O) groups is 2. The van der Waals surface area contributed by atoms with Gasteiger partial charge in [0.15, 0.2) is 0 Å². The lowest BCUT2D eigenvalue weighted by Gasteiger charge is -2.10. The van der Waals surface area contributed by atoms with Crippen molar-refractivity contribution in [3.8, 4) is 0 Å². The average molecular weight is 301 g/mol. The molecule has 5 nitrogen and oxygen atoms in total. The Kier molecular flexibility index (Phi) is 4.92. The van der Waals surface area contributed by atoms with Gasteiger partial charge in [-0.05, 0) is 31.0 Å². The minimum Gasteiger partial charge on any atom is -0.376 e. The van der Waals surface area contributed by atoms with Crippen LogP contribution in [0.1, 0.15) is 12.8 Å². The fraction of sp³-hybridized carbons (Fsp3) is 0.385. The molecule has 0 bridgehead atoms. The highest BCUT2D eigenvalue weighted by Crippen LogP contribution is 2.19. The lowest BCUT2D eigenvalue weighted by atomic mass is 10.2. The highest BCUT2D eigenvalue weighted by Gasteiger charge is 2.19. The third kappa shape index (κ3) is 3.91. The molecule has 1 aromatic rings. The topological polar surface area (TPSA) is 67.4 Å². The van der Waals surface area contributed by atoms with Crippen LogP contribution < -0.4 is 10.6 Å². The van der Waals surface area contributed by atoms with E-state index in [0.717, 1.165) is 18.9 Å². The number of halogens is 2. The molecular weight excluding hydrogens is 287 g/mol. The zero-order valence-corrected chi connectivity index (χ0v) is 11.4. The Balaban J connectivity index is 1.83. The molecule has 2 N–H and O–H groups in total. The molecule has 1 saturated heterocycles. The smallest absolute Gasteiger partial charge is 0.313 e. The Labute approximate surface area is 120 Å². The first-order valence-electron chi connectivity index (χ1n) is 6.22. The summed E-state index contributed by atoms with van der Waals surface area (Å²) < 4.78 is 18.3. The van der Waals surface area contributed by atoms with Crippen LogP contribution in [0.25, 0.3) is 0 Å². The van der Waals surface area contributed by atoms with E-state index in [-0.39, 0.29) is 16.8 Å². The SMILES string of the molecule is O=C(NCC1CCCO1)C(=O)Nc1ccc(F)c(Cl)c1. The quantitative estimate of drug-likeness (QED) is 0.835. The second-order valence-corrected chi connectivity index (χ2v) is 4.84. The maximum absolute atomic E-state index is 13.0. The molecule has 0 aliphatic carbocycles. The Morgan fingerprint density at radius 1 is 1.40 bits per heavy atom. The van der Waals surface area contributed by atoms with Crippen LogP contribution in [0.15, 0.2) is 18.2 Å². The van der Waals surface area contributed by atoms with E-state index in [1.807, 2.05) is 0 Å². The van der Waals surface area contributed by atoms with Crippen molar-refractivity contribution in [1.82, 2.24) is 5.32 Å². The number of carbonyl (C=O) groups excluding carboxylic acids is 2. The largest absolute Gasteiger partial charge is 0.376 e. The number of ether oxygens (including phenoxy) is 1. The molecule has 0 radical (unpaired) electrons. The number of rotatable bonds is 3. The van der Waals surface area contributed by atoms with Gasteiger partial charge in [0, 0.05) is 18.8 Å². The molecule has 1 unspecified atom stereocenters. The Hall–Kier alpha value is -1.66. The lowest BCUT2D eigenvalue weighted by molar-refractivity contribution is -0.136. The third-order valence-corrected chi connectivity index (χ3v) is 3.19.